The number of rotatable bonds is 3. The van der Waals surface area contributed by atoms with E-state index in [4.69, 9.17) is 10.6 Å². The molecule has 2 aromatic heterocycles. The minimum atomic E-state index is 0.407. The normalized spacial score (nSPS) is 16.0. The lowest BCUT2D eigenvalue weighted by Gasteiger charge is -2.28. The Morgan fingerprint density at radius 2 is 2.16 bits per heavy atom. The fourth-order valence-electron chi connectivity index (χ4n) is 2.22. The summed E-state index contributed by atoms with van der Waals surface area (Å²) in [7, 11) is 0. The van der Waals surface area contributed by atoms with Crippen LogP contribution >= 0.6 is 0 Å². The molecule has 0 radical (unpaired) electrons. The number of hydrogen-bond acceptors (Lipinski definition) is 7. The van der Waals surface area contributed by atoms with E-state index in [-0.39, 0.29) is 0 Å². The lowest BCUT2D eigenvalue weighted by atomic mass is 10.3. The van der Waals surface area contributed by atoms with Crippen molar-refractivity contribution < 1.29 is 4.74 Å². The number of nitrogen functional groups attached to an aromatic ring is 1. The van der Waals surface area contributed by atoms with Gasteiger partial charge in [0.25, 0.3) is 0 Å². The van der Waals surface area contributed by atoms with Crippen LogP contribution in [0.2, 0.25) is 0 Å². The number of aromatic nitrogens is 4. The maximum absolute atomic E-state index is 5.45. The highest BCUT2D eigenvalue weighted by atomic mass is 16.5. The van der Waals surface area contributed by atoms with Gasteiger partial charge in [0.2, 0.25) is 5.95 Å². The van der Waals surface area contributed by atoms with Crippen LogP contribution in [0.3, 0.4) is 0 Å². The molecule has 0 unspecified atom stereocenters. The Hall–Kier alpha value is -1.93. The number of anilines is 2. The molecule has 3 rings (SSSR count). The molecule has 0 saturated carbocycles. The van der Waals surface area contributed by atoms with E-state index in [0.29, 0.717) is 19.2 Å². The van der Waals surface area contributed by atoms with E-state index in [1.54, 1.807) is 6.33 Å². The number of nitrogens with one attached hydrogen (secondary N) is 1. The van der Waals surface area contributed by atoms with Crippen molar-refractivity contribution in [1.29, 1.82) is 0 Å². The van der Waals surface area contributed by atoms with Crippen molar-refractivity contribution in [1.82, 2.24) is 19.5 Å². The van der Waals surface area contributed by atoms with Crippen molar-refractivity contribution >= 4 is 22.9 Å². The number of morpholine rings is 1. The predicted molar refractivity (Wildman–Crippen MR) is 71.8 cm³/mol. The zero-order chi connectivity index (χ0) is 13.2. The van der Waals surface area contributed by atoms with Crippen molar-refractivity contribution in [3.05, 3.63) is 6.33 Å². The molecule has 19 heavy (non-hydrogen) atoms. The summed E-state index contributed by atoms with van der Waals surface area (Å²) >= 11 is 0. The molecule has 0 spiro atoms. The maximum atomic E-state index is 5.45. The predicted octanol–water partition coefficient (Wildman–Crippen LogP) is -0.0316. The van der Waals surface area contributed by atoms with Crippen LogP contribution < -0.4 is 16.2 Å². The van der Waals surface area contributed by atoms with Gasteiger partial charge < -0.3 is 14.2 Å². The average molecular weight is 263 g/mol. The van der Waals surface area contributed by atoms with Gasteiger partial charge in [-0.2, -0.15) is 9.97 Å². The van der Waals surface area contributed by atoms with Crippen LogP contribution in [0.1, 0.15) is 6.92 Å². The van der Waals surface area contributed by atoms with E-state index in [0.717, 1.165) is 36.6 Å². The first kappa shape index (κ1) is 12.1. The van der Waals surface area contributed by atoms with E-state index >= 15 is 0 Å². The second kappa shape index (κ2) is 4.98. The van der Waals surface area contributed by atoms with Crippen LogP contribution in [-0.2, 0) is 11.3 Å². The SMILES string of the molecule is CCn1cnc2c(N3CCOCC3)nc(NN)nc21. The molecule has 0 bridgehead atoms. The molecule has 0 aromatic carbocycles. The van der Waals surface area contributed by atoms with Crippen molar-refractivity contribution in [3.63, 3.8) is 0 Å². The van der Waals surface area contributed by atoms with Gasteiger partial charge in [0.1, 0.15) is 0 Å². The third kappa shape index (κ3) is 2.08. The second-order valence-corrected chi connectivity index (χ2v) is 4.32. The van der Waals surface area contributed by atoms with E-state index in [1.165, 1.54) is 0 Å². The van der Waals surface area contributed by atoms with Crippen LogP contribution in [0, 0.1) is 0 Å². The minimum absolute atomic E-state index is 0.407. The Kier molecular flexibility index (Phi) is 3.18. The molecule has 0 amide bonds. The topological polar surface area (TPSA) is 94.1 Å². The minimum Gasteiger partial charge on any atom is -0.378 e. The summed E-state index contributed by atoms with van der Waals surface area (Å²) in [5, 5.41) is 0. The van der Waals surface area contributed by atoms with Gasteiger partial charge in [0.15, 0.2) is 17.0 Å². The number of hydrogen-bond donors (Lipinski definition) is 2. The van der Waals surface area contributed by atoms with Crippen molar-refractivity contribution in [2.45, 2.75) is 13.5 Å². The van der Waals surface area contributed by atoms with Crippen molar-refractivity contribution in [2.75, 3.05) is 36.6 Å². The summed E-state index contributed by atoms with van der Waals surface area (Å²) in [5.41, 5.74) is 4.12. The number of nitrogens with two attached hydrogens (primary N) is 1. The zero-order valence-corrected chi connectivity index (χ0v) is 10.8. The Labute approximate surface area is 110 Å². The van der Waals surface area contributed by atoms with Gasteiger partial charge in [0, 0.05) is 19.6 Å². The number of ether oxygens (including phenoxy) is 1. The monoisotopic (exact) mass is 263 g/mol. The van der Waals surface area contributed by atoms with Crippen LogP contribution in [-0.4, -0.2) is 45.8 Å². The summed E-state index contributed by atoms with van der Waals surface area (Å²) in [6.45, 7) is 5.86. The number of imidazole rings is 1. The second-order valence-electron chi connectivity index (χ2n) is 4.32. The Morgan fingerprint density at radius 1 is 1.37 bits per heavy atom. The third-order valence-electron chi connectivity index (χ3n) is 3.23. The van der Waals surface area contributed by atoms with Gasteiger partial charge in [-0.1, -0.05) is 0 Å². The fraction of sp³-hybridized carbons (Fsp3) is 0.545. The van der Waals surface area contributed by atoms with E-state index in [9.17, 15) is 0 Å². The summed E-state index contributed by atoms with van der Waals surface area (Å²) in [4.78, 5) is 15.4. The Bertz CT molecular complexity index is 576. The number of aryl methyl sites for hydroxylation is 1. The van der Waals surface area contributed by atoms with Gasteiger partial charge >= 0.3 is 0 Å². The molecule has 1 aliphatic heterocycles. The van der Waals surface area contributed by atoms with Crippen LogP contribution in [0.4, 0.5) is 11.8 Å². The highest BCUT2D eigenvalue weighted by Gasteiger charge is 2.19. The number of fused-ring (bicyclic) bond motifs is 1. The Balaban J connectivity index is 2.12. The summed E-state index contributed by atoms with van der Waals surface area (Å²) in [5.74, 6) is 6.67. The molecule has 3 heterocycles. The van der Waals surface area contributed by atoms with Crippen LogP contribution in [0.25, 0.3) is 11.2 Å². The number of hydrazine groups is 1. The van der Waals surface area contributed by atoms with Gasteiger partial charge in [0.05, 0.1) is 19.5 Å². The molecule has 0 aliphatic carbocycles. The molecular formula is C11H17N7O. The highest BCUT2D eigenvalue weighted by molar-refractivity contribution is 5.85. The molecule has 0 atom stereocenters. The Morgan fingerprint density at radius 3 is 2.84 bits per heavy atom. The number of nitrogens with zero attached hydrogens (tertiary/aromatic N) is 5. The molecule has 8 nitrogen and oxygen atoms in total. The molecule has 3 N–H and O–H groups in total. The van der Waals surface area contributed by atoms with E-state index in [1.807, 2.05) is 11.5 Å². The van der Waals surface area contributed by atoms with Gasteiger partial charge in [-0.25, -0.2) is 10.8 Å². The zero-order valence-electron chi connectivity index (χ0n) is 10.8. The maximum Gasteiger partial charge on any atom is 0.241 e. The molecular weight excluding hydrogens is 246 g/mol. The van der Waals surface area contributed by atoms with Crippen LogP contribution in [0.15, 0.2) is 6.33 Å². The fourth-order valence-corrected chi connectivity index (χ4v) is 2.22. The van der Waals surface area contributed by atoms with Crippen LogP contribution in [0.5, 0.6) is 0 Å². The molecule has 2 aromatic rings. The lowest BCUT2D eigenvalue weighted by molar-refractivity contribution is 0.122. The van der Waals surface area contributed by atoms with Gasteiger partial charge in [-0.15, -0.1) is 0 Å². The first-order valence-electron chi connectivity index (χ1n) is 6.35. The lowest BCUT2D eigenvalue weighted by Crippen LogP contribution is -2.37. The van der Waals surface area contributed by atoms with Crippen molar-refractivity contribution in [3.8, 4) is 0 Å². The molecule has 1 fully saturated rings. The first-order chi connectivity index (χ1) is 9.33. The molecule has 8 heteroatoms. The smallest absolute Gasteiger partial charge is 0.241 e. The molecule has 102 valence electrons. The summed E-state index contributed by atoms with van der Waals surface area (Å²) in [6.07, 6.45) is 1.78. The van der Waals surface area contributed by atoms with E-state index in [2.05, 4.69) is 25.3 Å². The van der Waals surface area contributed by atoms with Gasteiger partial charge in [-0.05, 0) is 6.92 Å². The summed E-state index contributed by atoms with van der Waals surface area (Å²) < 4.78 is 7.34. The third-order valence-corrected chi connectivity index (χ3v) is 3.23. The average Bonchev–Trinajstić information content (AvgIpc) is 2.90. The van der Waals surface area contributed by atoms with Crippen molar-refractivity contribution in [2.24, 2.45) is 5.84 Å². The quantitative estimate of drug-likeness (QED) is 0.593. The standard InChI is InChI=1S/C11H17N7O/c1-2-17-7-13-8-9(17)14-11(16-12)15-10(8)18-3-5-19-6-4-18/h7H,2-6,12H2,1H3,(H,14,15,16). The molecule has 1 saturated heterocycles. The highest BCUT2D eigenvalue weighted by Crippen LogP contribution is 2.24. The largest absolute Gasteiger partial charge is 0.378 e. The summed E-state index contributed by atoms with van der Waals surface area (Å²) in [6, 6.07) is 0. The first-order valence-corrected chi connectivity index (χ1v) is 6.35. The van der Waals surface area contributed by atoms with E-state index < -0.39 is 0 Å². The molecule has 1 aliphatic rings. The van der Waals surface area contributed by atoms with Gasteiger partial charge in [-0.3, -0.25) is 5.43 Å².